The first-order valence-corrected chi connectivity index (χ1v) is 5.87. The minimum absolute atomic E-state index is 0.0223. The summed E-state index contributed by atoms with van der Waals surface area (Å²) in [5, 5.41) is 0. The normalized spacial score (nSPS) is 16.6. The number of rotatable bonds is 7. The van der Waals surface area contributed by atoms with E-state index in [-0.39, 0.29) is 19.1 Å². The van der Waals surface area contributed by atoms with E-state index in [1.807, 2.05) is 37.7 Å². The van der Waals surface area contributed by atoms with E-state index < -0.39 is 12.1 Å². The molecule has 0 aliphatic carbocycles. The van der Waals surface area contributed by atoms with Crippen LogP contribution in [0.2, 0.25) is 0 Å². The second-order valence-corrected chi connectivity index (χ2v) is 4.67. The standard InChI is InChI=1S/C11H24F3N3/c1-5-17(9(2)7-16(3)4)8-10(6-15)11(12,13)14/h9-10H,5-8,15H2,1-4H3. The van der Waals surface area contributed by atoms with E-state index in [4.69, 9.17) is 5.73 Å². The van der Waals surface area contributed by atoms with Crippen molar-refractivity contribution in [3.05, 3.63) is 0 Å². The maximum atomic E-state index is 12.6. The minimum Gasteiger partial charge on any atom is -0.330 e. The van der Waals surface area contributed by atoms with Gasteiger partial charge in [-0.05, 0) is 27.6 Å². The zero-order valence-electron chi connectivity index (χ0n) is 11.1. The van der Waals surface area contributed by atoms with Gasteiger partial charge in [0, 0.05) is 25.7 Å². The highest BCUT2D eigenvalue weighted by Crippen LogP contribution is 2.26. The molecule has 0 fully saturated rings. The summed E-state index contributed by atoms with van der Waals surface area (Å²) in [5.74, 6) is -1.44. The predicted molar refractivity (Wildman–Crippen MR) is 63.9 cm³/mol. The van der Waals surface area contributed by atoms with Gasteiger partial charge in [-0.2, -0.15) is 13.2 Å². The molecule has 2 atom stereocenters. The Morgan fingerprint density at radius 2 is 1.71 bits per heavy atom. The molecule has 0 aromatic rings. The Bertz CT molecular complexity index is 207. The van der Waals surface area contributed by atoms with Gasteiger partial charge in [-0.3, -0.25) is 4.90 Å². The number of likely N-dealkylation sites (N-methyl/N-ethyl adjacent to an activating group) is 2. The topological polar surface area (TPSA) is 32.5 Å². The number of hydrogen-bond donors (Lipinski definition) is 1. The summed E-state index contributed by atoms with van der Waals surface area (Å²) in [5.41, 5.74) is 5.21. The number of hydrogen-bond acceptors (Lipinski definition) is 3. The molecular weight excluding hydrogens is 231 g/mol. The van der Waals surface area contributed by atoms with Crippen LogP contribution < -0.4 is 5.73 Å². The van der Waals surface area contributed by atoms with Crippen molar-refractivity contribution < 1.29 is 13.2 Å². The first-order chi connectivity index (χ1) is 7.72. The Hall–Kier alpha value is -0.330. The molecule has 0 bridgehead atoms. The van der Waals surface area contributed by atoms with Gasteiger partial charge in [0.25, 0.3) is 0 Å². The Kier molecular flexibility index (Phi) is 7.04. The molecule has 17 heavy (non-hydrogen) atoms. The minimum atomic E-state index is -4.21. The highest BCUT2D eigenvalue weighted by atomic mass is 19.4. The number of nitrogens with zero attached hydrogens (tertiary/aromatic N) is 2. The lowest BCUT2D eigenvalue weighted by Gasteiger charge is -2.33. The van der Waals surface area contributed by atoms with E-state index in [9.17, 15) is 13.2 Å². The second-order valence-electron chi connectivity index (χ2n) is 4.67. The summed E-state index contributed by atoms with van der Waals surface area (Å²) in [6.45, 7) is 4.77. The van der Waals surface area contributed by atoms with E-state index in [0.29, 0.717) is 6.54 Å². The van der Waals surface area contributed by atoms with Gasteiger partial charge in [-0.15, -0.1) is 0 Å². The van der Waals surface area contributed by atoms with Gasteiger partial charge in [0.1, 0.15) is 0 Å². The molecule has 0 heterocycles. The molecule has 0 aromatic heterocycles. The fourth-order valence-electron chi connectivity index (χ4n) is 1.86. The van der Waals surface area contributed by atoms with Gasteiger partial charge >= 0.3 is 6.18 Å². The van der Waals surface area contributed by atoms with Crippen molar-refractivity contribution in [2.75, 3.05) is 40.3 Å². The van der Waals surface area contributed by atoms with Crippen LogP contribution in [0.15, 0.2) is 0 Å². The summed E-state index contributed by atoms with van der Waals surface area (Å²) >= 11 is 0. The van der Waals surface area contributed by atoms with E-state index in [2.05, 4.69) is 0 Å². The molecule has 0 saturated carbocycles. The van der Waals surface area contributed by atoms with Crippen molar-refractivity contribution in [2.45, 2.75) is 26.1 Å². The summed E-state index contributed by atoms with van der Waals surface area (Å²) in [4.78, 5) is 3.80. The lowest BCUT2D eigenvalue weighted by Crippen LogP contribution is -2.47. The second kappa shape index (κ2) is 7.18. The molecule has 104 valence electrons. The van der Waals surface area contributed by atoms with Crippen molar-refractivity contribution >= 4 is 0 Å². The zero-order valence-corrected chi connectivity index (χ0v) is 11.1. The smallest absolute Gasteiger partial charge is 0.330 e. The maximum absolute atomic E-state index is 12.6. The Labute approximate surface area is 102 Å². The number of alkyl halides is 3. The number of nitrogens with two attached hydrogens (primary N) is 1. The molecule has 3 nitrogen and oxygen atoms in total. The van der Waals surface area contributed by atoms with E-state index in [0.717, 1.165) is 6.54 Å². The van der Waals surface area contributed by atoms with Crippen LogP contribution in [0.3, 0.4) is 0 Å². The quantitative estimate of drug-likeness (QED) is 0.746. The van der Waals surface area contributed by atoms with Gasteiger partial charge < -0.3 is 10.6 Å². The monoisotopic (exact) mass is 255 g/mol. The molecule has 2 N–H and O–H groups in total. The molecule has 0 aliphatic heterocycles. The van der Waals surface area contributed by atoms with E-state index in [1.54, 1.807) is 0 Å². The van der Waals surface area contributed by atoms with Gasteiger partial charge in [0.05, 0.1) is 5.92 Å². The fraction of sp³-hybridized carbons (Fsp3) is 1.00. The largest absolute Gasteiger partial charge is 0.394 e. The Morgan fingerprint density at radius 1 is 1.18 bits per heavy atom. The SMILES string of the molecule is CCN(CC(CN)C(F)(F)F)C(C)CN(C)C. The van der Waals surface area contributed by atoms with E-state index in [1.165, 1.54) is 0 Å². The highest BCUT2D eigenvalue weighted by molar-refractivity contribution is 4.77. The summed E-state index contributed by atoms with van der Waals surface area (Å²) < 4.78 is 37.9. The van der Waals surface area contributed by atoms with Crippen LogP contribution in [0.5, 0.6) is 0 Å². The lowest BCUT2D eigenvalue weighted by atomic mass is 10.1. The molecule has 0 aromatic carbocycles. The number of halogens is 3. The van der Waals surface area contributed by atoms with Crippen molar-refractivity contribution in [3.63, 3.8) is 0 Å². The maximum Gasteiger partial charge on any atom is 0.394 e. The van der Waals surface area contributed by atoms with Crippen LogP contribution >= 0.6 is 0 Å². The van der Waals surface area contributed by atoms with Gasteiger partial charge in [-0.1, -0.05) is 6.92 Å². The first kappa shape index (κ1) is 16.7. The van der Waals surface area contributed by atoms with Crippen LogP contribution in [0.1, 0.15) is 13.8 Å². The fourth-order valence-corrected chi connectivity index (χ4v) is 1.86. The average Bonchev–Trinajstić information content (AvgIpc) is 2.15. The molecule has 0 rings (SSSR count). The molecule has 0 spiro atoms. The predicted octanol–water partition coefficient (Wildman–Crippen LogP) is 1.40. The van der Waals surface area contributed by atoms with Crippen molar-refractivity contribution in [3.8, 4) is 0 Å². The average molecular weight is 255 g/mol. The Morgan fingerprint density at radius 3 is 2.00 bits per heavy atom. The third kappa shape index (κ3) is 6.24. The van der Waals surface area contributed by atoms with Crippen LogP contribution in [0.4, 0.5) is 13.2 Å². The molecule has 0 radical (unpaired) electrons. The molecule has 0 amide bonds. The van der Waals surface area contributed by atoms with E-state index >= 15 is 0 Å². The molecule has 6 heteroatoms. The molecular formula is C11H24F3N3. The van der Waals surface area contributed by atoms with Gasteiger partial charge in [0.15, 0.2) is 0 Å². The molecule has 2 unspecified atom stereocenters. The third-order valence-electron chi connectivity index (χ3n) is 2.86. The van der Waals surface area contributed by atoms with Crippen LogP contribution in [-0.4, -0.2) is 62.3 Å². The lowest BCUT2D eigenvalue weighted by molar-refractivity contribution is -0.177. The van der Waals surface area contributed by atoms with Crippen LogP contribution in [0.25, 0.3) is 0 Å². The third-order valence-corrected chi connectivity index (χ3v) is 2.86. The zero-order chi connectivity index (χ0) is 13.6. The molecule has 0 saturated heterocycles. The van der Waals surface area contributed by atoms with Crippen molar-refractivity contribution in [1.82, 2.24) is 9.80 Å². The van der Waals surface area contributed by atoms with Crippen LogP contribution in [0, 0.1) is 5.92 Å². The molecule has 0 aliphatic rings. The van der Waals surface area contributed by atoms with Crippen LogP contribution in [-0.2, 0) is 0 Å². The first-order valence-electron chi connectivity index (χ1n) is 5.87. The summed E-state index contributed by atoms with van der Waals surface area (Å²) in [6, 6.07) is 0.0893. The Balaban J connectivity index is 4.46. The van der Waals surface area contributed by atoms with Crippen molar-refractivity contribution in [1.29, 1.82) is 0 Å². The van der Waals surface area contributed by atoms with Crippen molar-refractivity contribution in [2.24, 2.45) is 11.7 Å². The summed E-state index contributed by atoms with van der Waals surface area (Å²) in [6.07, 6.45) is -4.21. The highest BCUT2D eigenvalue weighted by Gasteiger charge is 2.39. The van der Waals surface area contributed by atoms with Gasteiger partial charge in [-0.25, -0.2) is 0 Å². The van der Waals surface area contributed by atoms with Gasteiger partial charge in [0.2, 0.25) is 0 Å². The summed E-state index contributed by atoms with van der Waals surface area (Å²) in [7, 11) is 3.82.